The normalized spacial score (nSPS) is 11.0. The summed E-state index contributed by atoms with van der Waals surface area (Å²) in [6, 6.07) is 17.7. The summed E-state index contributed by atoms with van der Waals surface area (Å²) in [4.78, 5) is 0. The molecule has 0 saturated heterocycles. The van der Waals surface area contributed by atoms with Crippen molar-refractivity contribution in [3.63, 3.8) is 0 Å². The molecule has 2 rings (SSSR count). The Balaban J connectivity index is 0.00000176. The zero-order valence-electron chi connectivity index (χ0n) is 18.5. The molecular formula is C26H39N. The molecule has 0 atom stereocenters. The summed E-state index contributed by atoms with van der Waals surface area (Å²) in [5, 5.41) is 3.46. The van der Waals surface area contributed by atoms with Crippen molar-refractivity contribution in [3.8, 4) is 0 Å². The highest BCUT2D eigenvalue weighted by Crippen LogP contribution is 2.29. The van der Waals surface area contributed by atoms with Gasteiger partial charge in [-0.1, -0.05) is 91.4 Å². The molecule has 1 N–H and O–H groups in total. The molecule has 0 fully saturated rings. The van der Waals surface area contributed by atoms with Gasteiger partial charge in [-0.2, -0.15) is 0 Å². The Kier molecular flexibility index (Phi) is 9.35. The molecular weight excluding hydrogens is 326 g/mol. The van der Waals surface area contributed by atoms with Crippen LogP contribution in [0.4, 0.5) is 5.69 Å². The van der Waals surface area contributed by atoms with Gasteiger partial charge in [0.2, 0.25) is 0 Å². The van der Waals surface area contributed by atoms with E-state index < -0.39 is 0 Å². The van der Waals surface area contributed by atoms with E-state index in [4.69, 9.17) is 0 Å². The Labute approximate surface area is 167 Å². The molecule has 0 aliphatic carbocycles. The van der Waals surface area contributed by atoms with Gasteiger partial charge in [0.1, 0.15) is 0 Å². The number of hydrogen-bond acceptors (Lipinski definition) is 1. The lowest BCUT2D eigenvalue weighted by molar-refractivity contribution is 0.434. The first-order valence-electron chi connectivity index (χ1n) is 10.4. The molecule has 0 bridgehead atoms. The van der Waals surface area contributed by atoms with Crippen LogP contribution in [0.15, 0.2) is 60.8 Å². The summed E-state index contributed by atoms with van der Waals surface area (Å²) in [6.45, 7) is 19.4. The zero-order chi connectivity index (χ0) is 20.4. The largest absolute Gasteiger partial charge is 0.359 e. The standard InChI is InChI=1S/C24H33N.C2H6/c1-7-24(5,6)19(4)25-23-13-11-20(12-14-23)16-22-10-8-9-21(17-22)15-18(2)3;1-2/h8-14,17-18,25H,4,7,15-16H2,1-3,5-6H3;1-2H3. The first kappa shape index (κ1) is 23.0. The molecule has 0 aliphatic rings. The lowest BCUT2D eigenvalue weighted by atomic mass is 9.87. The molecule has 1 heteroatoms. The molecule has 1 nitrogen and oxygen atoms in total. The number of hydrogen-bond donors (Lipinski definition) is 1. The van der Waals surface area contributed by atoms with E-state index in [2.05, 4.69) is 95.0 Å². The van der Waals surface area contributed by atoms with Crippen LogP contribution in [0.25, 0.3) is 0 Å². The van der Waals surface area contributed by atoms with Crippen LogP contribution in [0, 0.1) is 11.3 Å². The fraction of sp³-hybridized carbons (Fsp3) is 0.462. The number of rotatable bonds is 8. The molecule has 2 aromatic carbocycles. The predicted molar refractivity (Wildman–Crippen MR) is 122 cm³/mol. The molecule has 148 valence electrons. The van der Waals surface area contributed by atoms with Gasteiger partial charge >= 0.3 is 0 Å². The fourth-order valence-corrected chi connectivity index (χ4v) is 2.84. The van der Waals surface area contributed by atoms with E-state index in [1.54, 1.807) is 0 Å². The van der Waals surface area contributed by atoms with Gasteiger partial charge in [-0.15, -0.1) is 0 Å². The van der Waals surface area contributed by atoms with Gasteiger partial charge in [-0.25, -0.2) is 0 Å². The third-order valence-electron chi connectivity index (χ3n) is 4.99. The minimum Gasteiger partial charge on any atom is -0.359 e. The first-order chi connectivity index (χ1) is 12.8. The smallest absolute Gasteiger partial charge is 0.0381 e. The van der Waals surface area contributed by atoms with E-state index in [9.17, 15) is 0 Å². The lowest BCUT2D eigenvalue weighted by Gasteiger charge is -2.26. The van der Waals surface area contributed by atoms with Crippen molar-refractivity contribution < 1.29 is 0 Å². The Bertz CT molecular complexity index is 692. The van der Waals surface area contributed by atoms with Crippen molar-refractivity contribution in [3.05, 3.63) is 77.5 Å². The number of anilines is 1. The van der Waals surface area contributed by atoms with Crippen LogP contribution in [0.3, 0.4) is 0 Å². The molecule has 0 saturated carbocycles. The van der Waals surface area contributed by atoms with Crippen LogP contribution in [0.5, 0.6) is 0 Å². The van der Waals surface area contributed by atoms with Crippen molar-refractivity contribution in [2.45, 2.75) is 67.7 Å². The van der Waals surface area contributed by atoms with Crippen LogP contribution in [0.1, 0.15) is 71.6 Å². The molecule has 0 heterocycles. The monoisotopic (exact) mass is 365 g/mol. The second-order valence-corrected chi connectivity index (χ2v) is 8.13. The van der Waals surface area contributed by atoms with Gasteiger partial charge in [-0.05, 0) is 54.0 Å². The number of allylic oxidation sites excluding steroid dienone is 1. The summed E-state index contributed by atoms with van der Waals surface area (Å²) >= 11 is 0. The van der Waals surface area contributed by atoms with Gasteiger partial charge < -0.3 is 5.32 Å². The third kappa shape index (κ3) is 7.62. The number of benzene rings is 2. The van der Waals surface area contributed by atoms with E-state index in [0.717, 1.165) is 30.6 Å². The number of nitrogens with one attached hydrogen (secondary N) is 1. The molecule has 0 aromatic heterocycles. The fourth-order valence-electron chi connectivity index (χ4n) is 2.84. The molecule has 0 radical (unpaired) electrons. The van der Waals surface area contributed by atoms with Gasteiger partial charge in [-0.3, -0.25) is 0 Å². The van der Waals surface area contributed by atoms with Gasteiger partial charge in [0, 0.05) is 16.8 Å². The van der Waals surface area contributed by atoms with Crippen LogP contribution < -0.4 is 5.32 Å². The summed E-state index contributed by atoms with van der Waals surface area (Å²) in [6.07, 6.45) is 3.20. The topological polar surface area (TPSA) is 12.0 Å². The highest BCUT2D eigenvalue weighted by Gasteiger charge is 2.19. The van der Waals surface area contributed by atoms with E-state index >= 15 is 0 Å². The average molecular weight is 366 g/mol. The second-order valence-electron chi connectivity index (χ2n) is 8.13. The van der Waals surface area contributed by atoms with Crippen molar-refractivity contribution in [1.29, 1.82) is 0 Å². The van der Waals surface area contributed by atoms with Crippen molar-refractivity contribution in [2.24, 2.45) is 11.3 Å². The Hall–Kier alpha value is -2.02. The van der Waals surface area contributed by atoms with Crippen LogP contribution in [-0.4, -0.2) is 0 Å². The van der Waals surface area contributed by atoms with Crippen molar-refractivity contribution in [1.82, 2.24) is 0 Å². The summed E-state index contributed by atoms with van der Waals surface area (Å²) in [5.41, 5.74) is 6.45. The lowest BCUT2D eigenvalue weighted by Crippen LogP contribution is -2.18. The van der Waals surface area contributed by atoms with Crippen LogP contribution in [0.2, 0.25) is 0 Å². The quantitative estimate of drug-likeness (QED) is 0.502. The maximum Gasteiger partial charge on any atom is 0.0381 e. The zero-order valence-corrected chi connectivity index (χ0v) is 18.5. The Morgan fingerprint density at radius 2 is 1.56 bits per heavy atom. The Morgan fingerprint density at radius 3 is 2.11 bits per heavy atom. The molecule has 27 heavy (non-hydrogen) atoms. The van der Waals surface area contributed by atoms with Crippen molar-refractivity contribution >= 4 is 5.69 Å². The highest BCUT2D eigenvalue weighted by molar-refractivity contribution is 5.50. The summed E-state index contributed by atoms with van der Waals surface area (Å²) in [7, 11) is 0. The molecule has 0 spiro atoms. The maximum absolute atomic E-state index is 4.20. The predicted octanol–water partition coefficient (Wildman–Crippen LogP) is 7.86. The SMILES string of the molecule is C=C(Nc1ccc(Cc2cccc(CC(C)C)c2)cc1)C(C)(C)CC.CC. The van der Waals surface area contributed by atoms with Gasteiger partial charge in [0.05, 0.1) is 0 Å². The highest BCUT2D eigenvalue weighted by atomic mass is 14.9. The first-order valence-corrected chi connectivity index (χ1v) is 10.4. The Morgan fingerprint density at radius 1 is 0.963 bits per heavy atom. The average Bonchev–Trinajstić information content (AvgIpc) is 2.64. The molecule has 0 aliphatic heterocycles. The van der Waals surface area contributed by atoms with E-state index in [0.29, 0.717) is 5.92 Å². The van der Waals surface area contributed by atoms with Crippen molar-refractivity contribution in [2.75, 3.05) is 5.32 Å². The van der Waals surface area contributed by atoms with E-state index in [1.807, 2.05) is 13.8 Å². The van der Waals surface area contributed by atoms with Crippen LogP contribution >= 0.6 is 0 Å². The maximum atomic E-state index is 4.20. The third-order valence-corrected chi connectivity index (χ3v) is 4.99. The minimum absolute atomic E-state index is 0.107. The van der Waals surface area contributed by atoms with Gasteiger partial charge in [0.25, 0.3) is 0 Å². The van der Waals surface area contributed by atoms with Crippen LogP contribution in [-0.2, 0) is 12.8 Å². The molecule has 0 amide bonds. The van der Waals surface area contributed by atoms with E-state index in [1.165, 1.54) is 16.7 Å². The van der Waals surface area contributed by atoms with Gasteiger partial charge in [0.15, 0.2) is 0 Å². The summed E-state index contributed by atoms with van der Waals surface area (Å²) < 4.78 is 0. The van der Waals surface area contributed by atoms with E-state index in [-0.39, 0.29) is 5.41 Å². The summed E-state index contributed by atoms with van der Waals surface area (Å²) in [5.74, 6) is 0.695. The molecule has 0 unspecified atom stereocenters. The second kappa shape index (κ2) is 11.0. The minimum atomic E-state index is 0.107. The molecule has 2 aromatic rings.